The number of ether oxygens (including phenoxy) is 3. The molecule has 57 heavy (non-hydrogen) atoms. The van der Waals surface area contributed by atoms with Crippen molar-refractivity contribution in [3.63, 3.8) is 0 Å². The topological polar surface area (TPSA) is 173 Å². The first-order chi connectivity index (χ1) is 27.4. The maximum Gasteiger partial charge on any atom is 0.408 e. The maximum absolute atomic E-state index is 14.0. The first-order valence-electron chi connectivity index (χ1n) is 19.4. The van der Waals surface area contributed by atoms with Gasteiger partial charge < -0.3 is 35.5 Å². The van der Waals surface area contributed by atoms with E-state index >= 15 is 0 Å². The Balaban J connectivity index is 1.29. The number of nitrogens with zero attached hydrogens (tertiary/aromatic N) is 2. The lowest BCUT2D eigenvalue weighted by Crippen LogP contribution is -2.55. The molecular formula is C44H54N6O7. The SMILES string of the molecule is Cc1cccc(COC(=O)N[C@H](C(=O)N[C@@H](Cc2ccccc2)[C@@H]2O[C@@H]2[C@H](Cc2ccccc2)NC(=O)[C@@H](NC(=O)OCc2cccc(C)n2)C(C)C)C(C)C)n1. The Labute approximate surface area is 334 Å². The quantitative estimate of drug-likeness (QED) is 0.0950. The molecule has 0 unspecified atom stereocenters. The molecule has 0 saturated carbocycles. The minimum Gasteiger partial charge on any atom is -0.443 e. The van der Waals surface area contributed by atoms with E-state index in [0.29, 0.717) is 24.2 Å². The number of alkyl carbamates (subject to hydrolysis) is 2. The molecule has 13 heteroatoms. The van der Waals surface area contributed by atoms with Gasteiger partial charge in [-0.2, -0.15) is 0 Å². The summed E-state index contributed by atoms with van der Waals surface area (Å²) in [6.07, 6.45) is -1.55. The largest absolute Gasteiger partial charge is 0.443 e. The summed E-state index contributed by atoms with van der Waals surface area (Å²) in [4.78, 5) is 62.5. The van der Waals surface area contributed by atoms with Gasteiger partial charge in [0.15, 0.2) is 0 Å². The molecule has 13 nitrogen and oxygen atoms in total. The van der Waals surface area contributed by atoms with Gasteiger partial charge in [-0.25, -0.2) is 9.59 Å². The van der Waals surface area contributed by atoms with Crippen LogP contribution in [0.1, 0.15) is 61.6 Å². The summed E-state index contributed by atoms with van der Waals surface area (Å²) in [5.74, 6) is -1.32. The van der Waals surface area contributed by atoms with Gasteiger partial charge in [-0.15, -0.1) is 0 Å². The minimum absolute atomic E-state index is 0.0397. The first-order valence-corrected chi connectivity index (χ1v) is 19.4. The van der Waals surface area contributed by atoms with Gasteiger partial charge in [-0.3, -0.25) is 19.6 Å². The van der Waals surface area contributed by atoms with Crippen molar-refractivity contribution in [1.82, 2.24) is 31.2 Å². The van der Waals surface area contributed by atoms with Crippen molar-refractivity contribution in [2.45, 2.75) is 104 Å². The summed E-state index contributed by atoms with van der Waals surface area (Å²) in [6.45, 7) is 11.0. The van der Waals surface area contributed by atoms with E-state index < -0.39 is 60.4 Å². The number of benzene rings is 2. The highest BCUT2D eigenvalue weighted by Crippen LogP contribution is 2.32. The van der Waals surface area contributed by atoms with Gasteiger partial charge in [0.2, 0.25) is 11.8 Å². The van der Waals surface area contributed by atoms with E-state index in [2.05, 4.69) is 31.2 Å². The number of hydrogen-bond donors (Lipinski definition) is 4. The Morgan fingerprint density at radius 2 is 0.947 bits per heavy atom. The normalized spacial score (nSPS) is 16.8. The molecule has 302 valence electrons. The van der Waals surface area contributed by atoms with Gasteiger partial charge in [0.1, 0.15) is 37.5 Å². The molecule has 1 aliphatic rings. The summed E-state index contributed by atoms with van der Waals surface area (Å²) >= 11 is 0. The zero-order valence-electron chi connectivity index (χ0n) is 33.4. The second-order valence-corrected chi connectivity index (χ2v) is 15.1. The fourth-order valence-corrected chi connectivity index (χ4v) is 6.61. The molecule has 4 amide bonds. The highest BCUT2D eigenvalue weighted by Gasteiger charge is 2.51. The number of rotatable bonds is 18. The van der Waals surface area contributed by atoms with Crippen LogP contribution in [0.15, 0.2) is 97.1 Å². The molecule has 4 aromatic rings. The summed E-state index contributed by atoms with van der Waals surface area (Å²) in [6, 6.07) is 27.5. The number of carbonyl (C=O) groups excluding carboxylic acids is 4. The molecule has 0 spiro atoms. The molecule has 2 aromatic carbocycles. The van der Waals surface area contributed by atoms with Gasteiger partial charge in [0, 0.05) is 11.4 Å². The number of nitrogens with one attached hydrogen (secondary N) is 4. The van der Waals surface area contributed by atoms with Crippen molar-refractivity contribution < 1.29 is 33.4 Å². The third kappa shape index (κ3) is 13.1. The Hall–Kier alpha value is -5.82. The molecule has 1 fully saturated rings. The summed E-state index contributed by atoms with van der Waals surface area (Å²) in [5.41, 5.74) is 4.74. The lowest BCUT2D eigenvalue weighted by Gasteiger charge is -2.26. The molecule has 4 N–H and O–H groups in total. The molecular weight excluding hydrogens is 725 g/mol. The number of aryl methyl sites for hydroxylation is 2. The molecule has 6 atom stereocenters. The first kappa shape index (κ1) is 42.3. The van der Waals surface area contributed by atoms with Crippen LogP contribution in [0.4, 0.5) is 9.59 Å². The number of carbonyl (C=O) groups is 4. The van der Waals surface area contributed by atoms with E-state index in [-0.39, 0.29) is 25.0 Å². The van der Waals surface area contributed by atoms with Crippen LogP contribution in [-0.4, -0.2) is 70.3 Å². The van der Waals surface area contributed by atoms with Crippen LogP contribution in [0.2, 0.25) is 0 Å². The fourth-order valence-electron chi connectivity index (χ4n) is 6.61. The van der Waals surface area contributed by atoms with Crippen LogP contribution in [0.3, 0.4) is 0 Å². The molecule has 1 saturated heterocycles. The van der Waals surface area contributed by atoms with Crippen LogP contribution in [0.5, 0.6) is 0 Å². The predicted octanol–water partition coefficient (Wildman–Crippen LogP) is 5.52. The van der Waals surface area contributed by atoms with Gasteiger partial charge >= 0.3 is 12.2 Å². The maximum atomic E-state index is 14.0. The minimum atomic E-state index is -0.905. The van der Waals surface area contributed by atoms with Gasteiger partial charge in [0.25, 0.3) is 0 Å². The van der Waals surface area contributed by atoms with Gasteiger partial charge in [-0.05, 0) is 73.9 Å². The number of hydrogen-bond acceptors (Lipinski definition) is 9. The lowest BCUT2D eigenvalue weighted by molar-refractivity contribution is -0.125. The predicted molar refractivity (Wildman–Crippen MR) is 215 cm³/mol. The molecule has 0 aliphatic carbocycles. The number of aromatic nitrogens is 2. The molecule has 0 bridgehead atoms. The number of epoxide rings is 1. The monoisotopic (exact) mass is 778 g/mol. The number of pyridine rings is 2. The molecule has 0 radical (unpaired) electrons. The van der Waals surface area contributed by atoms with Gasteiger partial charge in [0.05, 0.1) is 23.5 Å². The van der Waals surface area contributed by atoms with Crippen molar-refractivity contribution in [2.75, 3.05) is 0 Å². The van der Waals surface area contributed by atoms with Crippen LogP contribution < -0.4 is 21.3 Å². The smallest absolute Gasteiger partial charge is 0.408 e. The van der Waals surface area contributed by atoms with Crippen LogP contribution in [0, 0.1) is 25.7 Å². The van der Waals surface area contributed by atoms with E-state index in [1.54, 1.807) is 12.1 Å². The second kappa shape index (κ2) is 20.4. The van der Waals surface area contributed by atoms with E-state index in [4.69, 9.17) is 14.2 Å². The van der Waals surface area contributed by atoms with Crippen molar-refractivity contribution in [3.8, 4) is 0 Å². The Kier molecular flexibility index (Phi) is 15.1. The summed E-state index contributed by atoms with van der Waals surface area (Å²) in [7, 11) is 0. The van der Waals surface area contributed by atoms with Crippen LogP contribution >= 0.6 is 0 Å². The summed E-state index contributed by atoms with van der Waals surface area (Å²) < 4.78 is 17.2. The average molecular weight is 779 g/mol. The average Bonchev–Trinajstić information content (AvgIpc) is 3.99. The summed E-state index contributed by atoms with van der Waals surface area (Å²) in [5, 5.41) is 11.8. The zero-order chi connectivity index (χ0) is 40.9. The standard InChI is InChI=1S/C44H54N6O7/c1-27(2)37(49-43(53)55-25-33-21-13-15-29(5)45-33)41(51)47-35(23-31-17-9-7-10-18-31)39-40(57-39)36(24-32-19-11-8-12-20-32)48-42(52)38(28(3)4)50-44(54)56-26-34-22-14-16-30(6)46-34/h7-22,27-28,35-40H,23-26H2,1-6H3,(H,47,51)(H,48,52)(H,49,53)(H,50,54)/t35-,36-,37-,38-,39-,40+/m0/s1. The Morgan fingerprint density at radius 1 is 0.561 bits per heavy atom. The highest BCUT2D eigenvalue weighted by atomic mass is 16.6. The van der Waals surface area contributed by atoms with Gasteiger partial charge in [-0.1, -0.05) is 100 Å². The van der Waals surface area contributed by atoms with Crippen molar-refractivity contribution in [3.05, 3.63) is 131 Å². The van der Waals surface area contributed by atoms with Crippen molar-refractivity contribution >= 4 is 24.0 Å². The third-order valence-electron chi connectivity index (χ3n) is 9.65. The molecule has 1 aliphatic heterocycles. The van der Waals surface area contributed by atoms with Crippen molar-refractivity contribution in [2.24, 2.45) is 11.8 Å². The number of amides is 4. The highest BCUT2D eigenvalue weighted by molar-refractivity contribution is 5.87. The Morgan fingerprint density at radius 3 is 1.30 bits per heavy atom. The second-order valence-electron chi connectivity index (χ2n) is 15.1. The van der Waals surface area contributed by atoms with E-state index in [1.807, 2.05) is 126 Å². The molecule has 3 heterocycles. The molecule has 2 aromatic heterocycles. The Bertz CT molecular complexity index is 1800. The molecule has 5 rings (SSSR count). The lowest BCUT2D eigenvalue weighted by atomic mass is 9.94. The zero-order valence-corrected chi connectivity index (χ0v) is 33.4. The van der Waals surface area contributed by atoms with E-state index in [9.17, 15) is 19.2 Å². The third-order valence-corrected chi connectivity index (χ3v) is 9.65. The fraction of sp³-hybridized carbons (Fsp3) is 0.409. The van der Waals surface area contributed by atoms with E-state index in [1.165, 1.54) is 0 Å². The van der Waals surface area contributed by atoms with Crippen molar-refractivity contribution in [1.29, 1.82) is 0 Å². The van der Waals surface area contributed by atoms with Crippen LogP contribution in [0.25, 0.3) is 0 Å². The van der Waals surface area contributed by atoms with E-state index in [0.717, 1.165) is 22.5 Å². The van der Waals surface area contributed by atoms with Crippen LogP contribution in [-0.2, 0) is 49.9 Å².